The average Bonchev–Trinajstić information content (AvgIpc) is 2.97. The maximum absolute atomic E-state index is 5.60. The maximum Gasteiger partial charge on any atom is 0.140 e. The van der Waals surface area contributed by atoms with Gasteiger partial charge in [-0.05, 0) is 45.4 Å². The quantitative estimate of drug-likeness (QED) is 0.847. The molecule has 0 aromatic carbocycles. The Labute approximate surface area is 113 Å². The molecule has 4 nitrogen and oxygen atoms in total. The van der Waals surface area contributed by atoms with Crippen LogP contribution in [-0.4, -0.2) is 17.1 Å². The molecule has 0 saturated heterocycles. The molecule has 2 heterocycles. The van der Waals surface area contributed by atoms with Gasteiger partial charge in [-0.25, -0.2) is 0 Å². The Morgan fingerprint density at radius 2 is 2.05 bits per heavy atom. The largest absolute Gasteiger partial charge is 0.465 e. The van der Waals surface area contributed by atoms with E-state index in [9.17, 15) is 0 Å². The fourth-order valence-corrected chi connectivity index (χ4v) is 2.72. The zero-order valence-electron chi connectivity index (χ0n) is 11.6. The van der Waals surface area contributed by atoms with Crippen LogP contribution in [0.25, 0.3) is 0 Å². The first-order chi connectivity index (χ1) is 9.22. The lowest BCUT2D eigenvalue weighted by molar-refractivity contribution is 0.274. The van der Waals surface area contributed by atoms with Gasteiger partial charge in [-0.3, -0.25) is 4.90 Å². The van der Waals surface area contributed by atoms with E-state index in [1.807, 2.05) is 19.1 Å². The highest BCUT2D eigenvalue weighted by Crippen LogP contribution is 2.25. The fraction of sp³-hybridized carbons (Fsp3) is 0.533. The number of rotatable bonds is 4. The average molecular weight is 260 g/mol. The summed E-state index contributed by atoms with van der Waals surface area (Å²) >= 11 is 0. The van der Waals surface area contributed by atoms with Gasteiger partial charge < -0.3 is 8.94 Å². The third kappa shape index (κ3) is 2.73. The van der Waals surface area contributed by atoms with Crippen molar-refractivity contribution in [2.75, 3.05) is 7.05 Å². The van der Waals surface area contributed by atoms with Crippen LogP contribution in [0.2, 0.25) is 0 Å². The normalized spacial score (nSPS) is 14.9. The zero-order valence-corrected chi connectivity index (χ0v) is 11.6. The summed E-state index contributed by atoms with van der Waals surface area (Å²) in [6.07, 6.45) is 4.64. The van der Waals surface area contributed by atoms with Crippen molar-refractivity contribution >= 4 is 0 Å². The minimum atomic E-state index is 0.801. The first-order valence-corrected chi connectivity index (χ1v) is 6.92. The van der Waals surface area contributed by atoms with Crippen molar-refractivity contribution in [3.05, 3.63) is 40.7 Å². The van der Waals surface area contributed by atoms with Gasteiger partial charge in [0.15, 0.2) is 0 Å². The Hall–Kier alpha value is -1.55. The van der Waals surface area contributed by atoms with E-state index in [0.29, 0.717) is 0 Å². The van der Waals surface area contributed by atoms with Gasteiger partial charge in [-0.1, -0.05) is 5.16 Å². The highest BCUT2D eigenvalue weighted by Gasteiger charge is 2.20. The minimum absolute atomic E-state index is 0.801. The number of aryl methyl sites for hydroxylation is 2. The highest BCUT2D eigenvalue weighted by molar-refractivity contribution is 5.25. The smallest absolute Gasteiger partial charge is 0.140 e. The first-order valence-electron chi connectivity index (χ1n) is 6.92. The molecule has 2 aromatic rings. The molecule has 0 amide bonds. The Balaban J connectivity index is 1.66. The van der Waals surface area contributed by atoms with Gasteiger partial charge in [0.1, 0.15) is 23.0 Å². The van der Waals surface area contributed by atoms with Crippen molar-refractivity contribution in [3.8, 4) is 0 Å². The van der Waals surface area contributed by atoms with E-state index < -0.39 is 0 Å². The molecule has 19 heavy (non-hydrogen) atoms. The molecular weight excluding hydrogens is 240 g/mol. The van der Waals surface area contributed by atoms with E-state index in [2.05, 4.69) is 17.1 Å². The van der Waals surface area contributed by atoms with Crippen LogP contribution in [0.15, 0.2) is 21.1 Å². The highest BCUT2D eigenvalue weighted by atomic mass is 16.5. The Bertz CT molecular complexity index is 556. The number of fused-ring (bicyclic) bond motifs is 1. The van der Waals surface area contributed by atoms with Gasteiger partial charge >= 0.3 is 0 Å². The standard InChI is InChI=1S/C15H20N2O2/c1-11-7-8-12(18-11)9-17(2)10-14-13-5-3-4-6-15(13)19-16-14/h7-8H,3-6,9-10H2,1-2H3. The summed E-state index contributed by atoms with van der Waals surface area (Å²) in [7, 11) is 2.09. The molecule has 0 bridgehead atoms. The molecule has 0 N–H and O–H groups in total. The Morgan fingerprint density at radius 3 is 2.84 bits per heavy atom. The Kier molecular flexibility index (Phi) is 3.42. The van der Waals surface area contributed by atoms with E-state index in [-0.39, 0.29) is 0 Å². The number of nitrogens with zero attached hydrogens (tertiary/aromatic N) is 2. The molecule has 1 aliphatic carbocycles. The molecule has 0 spiro atoms. The van der Waals surface area contributed by atoms with Crippen molar-refractivity contribution in [1.82, 2.24) is 10.1 Å². The lowest BCUT2D eigenvalue weighted by Gasteiger charge is -2.15. The van der Waals surface area contributed by atoms with Gasteiger partial charge in [-0.15, -0.1) is 0 Å². The van der Waals surface area contributed by atoms with Gasteiger partial charge in [0.05, 0.1) is 6.54 Å². The fourth-order valence-electron chi connectivity index (χ4n) is 2.72. The molecule has 0 aliphatic heterocycles. The van der Waals surface area contributed by atoms with Crippen LogP contribution in [0, 0.1) is 6.92 Å². The van der Waals surface area contributed by atoms with Crippen LogP contribution in [0.3, 0.4) is 0 Å². The molecule has 3 rings (SSSR count). The van der Waals surface area contributed by atoms with Crippen LogP contribution >= 0.6 is 0 Å². The molecule has 0 fully saturated rings. The lowest BCUT2D eigenvalue weighted by atomic mass is 9.96. The van der Waals surface area contributed by atoms with Gasteiger partial charge in [-0.2, -0.15) is 0 Å². The van der Waals surface area contributed by atoms with E-state index in [4.69, 9.17) is 8.94 Å². The number of hydrogen-bond donors (Lipinski definition) is 0. The summed E-state index contributed by atoms with van der Waals surface area (Å²) in [6.45, 7) is 3.59. The van der Waals surface area contributed by atoms with E-state index >= 15 is 0 Å². The van der Waals surface area contributed by atoms with Crippen molar-refractivity contribution in [2.45, 2.75) is 45.7 Å². The topological polar surface area (TPSA) is 42.4 Å². The number of aromatic nitrogens is 1. The van der Waals surface area contributed by atoms with Gasteiger partial charge in [0, 0.05) is 18.5 Å². The SMILES string of the molecule is Cc1ccc(CN(C)Cc2noc3c2CCCC3)o1. The van der Waals surface area contributed by atoms with Crippen molar-refractivity contribution < 1.29 is 8.94 Å². The predicted octanol–water partition coefficient (Wildman–Crippen LogP) is 3.09. The summed E-state index contributed by atoms with van der Waals surface area (Å²) < 4.78 is 11.0. The molecular formula is C15H20N2O2. The molecule has 2 aromatic heterocycles. The third-order valence-electron chi connectivity index (χ3n) is 3.67. The monoisotopic (exact) mass is 260 g/mol. The predicted molar refractivity (Wildman–Crippen MR) is 71.8 cm³/mol. The lowest BCUT2D eigenvalue weighted by Crippen LogP contribution is -2.18. The van der Waals surface area contributed by atoms with E-state index in [1.165, 1.54) is 18.4 Å². The summed E-state index contributed by atoms with van der Waals surface area (Å²) in [6, 6.07) is 4.03. The van der Waals surface area contributed by atoms with Crippen LogP contribution in [0.4, 0.5) is 0 Å². The van der Waals surface area contributed by atoms with Crippen LogP contribution < -0.4 is 0 Å². The molecule has 0 radical (unpaired) electrons. The van der Waals surface area contributed by atoms with Crippen LogP contribution in [0.5, 0.6) is 0 Å². The van der Waals surface area contributed by atoms with E-state index in [0.717, 1.165) is 48.9 Å². The van der Waals surface area contributed by atoms with Gasteiger partial charge in [0.25, 0.3) is 0 Å². The second kappa shape index (κ2) is 5.21. The number of furan rings is 1. The van der Waals surface area contributed by atoms with Crippen LogP contribution in [0.1, 0.15) is 41.4 Å². The minimum Gasteiger partial charge on any atom is -0.465 e. The number of hydrogen-bond acceptors (Lipinski definition) is 4. The second-order valence-electron chi connectivity index (χ2n) is 5.42. The van der Waals surface area contributed by atoms with Crippen LogP contribution in [-0.2, 0) is 25.9 Å². The molecule has 4 heteroatoms. The molecule has 1 aliphatic rings. The van der Waals surface area contributed by atoms with Crippen molar-refractivity contribution in [1.29, 1.82) is 0 Å². The molecule has 0 unspecified atom stereocenters. The van der Waals surface area contributed by atoms with Gasteiger partial charge in [0.2, 0.25) is 0 Å². The first kappa shape index (κ1) is 12.5. The summed E-state index contributed by atoms with van der Waals surface area (Å²) in [5.74, 6) is 3.06. The molecule has 102 valence electrons. The second-order valence-corrected chi connectivity index (χ2v) is 5.42. The zero-order chi connectivity index (χ0) is 13.2. The summed E-state index contributed by atoms with van der Waals surface area (Å²) in [4.78, 5) is 2.21. The molecule has 0 saturated carbocycles. The van der Waals surface area contributed by atoms with E-state index in [1.54, 1.807) is 0 Å². The molecule has 0 atom stereocenters. The van der Waals surface area contributed by atoms with Crippen molar-refractivity contribution in [3.63, 3.8) is 0 Å². The summed E-state index contributed by atoms with van der Waals surface area (Å²) in [5.41, 5.74) is 2.44. The maximum atomic E-state index is 5.60. The van der Waals surface area contributed by atoms with Crippen molar-refractivity contribution in [2.24, 2.45) is 0 Å². The third-order valence-corrected chi connectivity index (χ3v) is 3.67. The Morgan fingerprint density at radius 1 is 1.21 bits per heavy atom. The summed E-state index contributed by atoms with van der Waals surface area (Å²) in [5, 5.41) is 4.24.